The number of fused-ring (bicyclic) bond motifs is 1. The highest BCUT2D eigenvalue weighted by atomic mass is 19.1. The Hall–Kier alpha value is -2.24. The number of aromatic nitrogens is 3. The average Bonchev–Trinajstić information content (AvgIpc) is 3.37. The van der Waals surface area contributed by atoms with Gasteiger partial charge in [0.2, 0.25) is 5.91 Å². The lowest BCUT2D eigenvalue weighted by Gasteiger charge is -2.08. The summed E-state index contributed by atoms with van der Waals surface area (Å²) in [5.74, 6) is 1.99. The number of nitrogens with zero attached hydrogens (tertiary/aromatic N) is 3. The molecule has 1 aliphatic carbocycles. The van der Waals surface area contributed by atoms with Crippen molar-refractivity contribution in [2.24, 2.45) is 5.92 Å². The second-order valence-corrected chi connectivity index (χ2v) is 7.04. The summed E-state index contributed by atoms with van der Waals surface area (Å²) in [5, 5.41) is 11.6. The molecule has 5 nitrogen and oxygen atoms in total. The molecule has 0 radical (unpaired) electrons. The number of hydrogen-bond donors (Lipinski definition) is 1. The number of aryl methyl sites for hydroxylation is 1. The van der Waals surface area contributed by atoms with Gasteiger partial charge in [-0.1, -0.05) is 18.6 Å². The van der Waals surface area contributed by atoms with Crippen LogP contribution >= 0.6 is 0 Å². The molecule has 4 rings (SSSR count). The third-order valence-electron chi connectivity index (χ3n) is 5.24. The number of hydrogen-bond acceptors (Lipinski definition) is 3. The Balaban J connectivity index is 1.28. The van der Waals surface area contributed by atoms with Crippen LogP contribution in [-0.2, 0) is 24.2 Å². The lowest BCUT2D eigenvalue weighted by atomic mass is 10.1. The van der Waals surface area contributed by atoms with E-state index in [1.54, 1.807) is 6.07 Å². The van der Waals surface area contributed by atoms with Crippen LogP contribution in [0.1, 0.15) is 48.8 Å². The van der Waals surface area contributed by atoms with E-state index in [4.69, 9.17) is 0 Å². The molecule has 1 fully saturated rings. The first-order valence-corrected chi connectivity index (χ1v) is 9.16. The third kappa shape index (κ3) is 3.57. The SMILES string of the molecule is O=C(NCCc1nnc2n1CCCCC2)[C@@H]1C[C@H]1c1cccc(F)c1. The van der Waals surface area contributed by atoms with Gasteiger partial charge >= 0.3 is 0 Å². The highest BCUT2D eigenvalue weighted by Gasteiger charge is 2.43. The van der Waals surface area contributed by atoms with Crippen LogP contribution in [0, 0.1) is 11.7 Å². The summed E-state index contributed by atoms with van der Waals surface area (Å²) >= 11 is 0. The first-order valence-electron chi connectivity index (χ1n) is 9.16. The molecule has 1 aromatic heterocycles. The van der Waals surface area contributed by atoms with Gasteiger partial charge in [-0.3, -0.25) is 4.79 Å². The van der Waals surface area contributed by atoms with Crippen LogP contribution in [0.3, 0.4) is 0 Å². The summed E-state index contributed by atoms with van der Waals surface area (Å²) in [7, 11) is 0. The van der Waals surface area contributed by atoms with Gasteiger partial charge in [0, 0.05) is 31.8 Å². The first kappa shape index (κ1) is 16.2. The highest BCUT2D eigenvalue weighted by molar-refractivity contribution is 5.82. The van der Waals surface area contributed by atoms with Gasteiger partial charge < -0.3 is 9.88 Å². The molecular weight excluding hydrogens is 319 g/mol. The minimum absolute atomic E-state index is 0.0303. The van der Waals surface area contributed by atoms with Gasteiger partial charge in [0.25, 0.3) is 0 Å². The third-order valence-corrected chi connectivity index (χ3v) is 5.24. The van der Waals surface area contributed by atoms with Crippen LogP contribution in [0.15, 0.2) is 24.3 Å². The Morgan fingerprint density at radius 2 is 2.20 bits per heavy atom. The zero-order valence-corrected chi connectivity index (χ0v) is 14.2. The topological polar surface area (TPSA) is 59.8 Å². The number of benzene rings is 1. The summed E-state index contributed by atoms with van der Waals surface area (Å²) in [4.78, 5) is 12.3. The van der Waals surface area contributed by atoms with Crippen LogP contribution in [0.4, 0.5) is 4.39 Å². The Bertz CT molecular complexity index is 773. The molecule has 2 aromatic rings. The molecule has 1 N–H and O–H groups in total. The molecule has 132 valence electrons. The standard InChI is InChI=1S/C19H23FN4O/c20-14-6-4-5-13(11-14)15-12-16(15)19(25)21-9-8-18-23-22-17-7-2-1-3-10-24(17)18/h4-6,11,15-16H,1-3,7-10,12H2,(H,21,25)/t15-,16+/m0/s1. The van der Waals surface area contributed by atoms with Gasteiger partial charge in [0.05, 0.1) is 0 Å². The number of amides is 1. The highest BCUT2D eigenvalue weighted by Crippen LogP contribution is 2.47. The van der Waals surface area contributed by atoms with E-state index in [1.165, 1.54) is 31.4 Å². The maximum absolute atomic E-state index is 13.3. The molecule has 25 heavy (non-hydrogen) atoms. The number of halogens is 1. The number of carbonyl (C=O) groups excluding carboxylic acids is 1. The van der Waals surface area contributed by atoms with Crippen LogP contribution in [0.25, 0.3) is 0 Å². The molecule has 2 heterocycles. The molecule has 0 saturated heterocycles. The summed E-state index contributed by atoms with van der Waals surface area (Å²) in [5.41, 5.74) is 0.919. The Labute approximate surface area is 146 Å². The summed E-state index contributed by atoms with van der Waals surface area (Å²) in [6.07, 6.45) is 6.09. The maximum atomic E-state index is 13.3. The van der Waals surface area contributed by atoms with Crippen molar-refractivity contribution in [1.29, 1.82) is 0 Å². The predicted octanol–water partition coefficient (Wildman–Crippen LogP) is 2.61. The second-order valence-electron chi connectivity index (χ2n) is 7.04. The van der Waals surface area contributed by atoms with Gasteiger partial charge in [-0.05, 0) is 42.9 Å². The van der Waals surface area contributed by atoms with Crippen molar-refractivity contribution in [3.05, 3.63) is 47.3 Å². The average molecular weight is 342 g/mol. The normalized spacial score (nSPS) is 22.1. The van der Waals surface area contributed by atoms with E-state index in [9.17, 15) is 9.18 Å². The van der Waals surface area contributed by atoms with E-state index < -0.39 is 0 Å². The van der Waals surface area contributed by atoms with Crippen molar-refractivity contribution in [3.63, 3.8) is 0 Å². The summed E-state index contributed by atoms with van der Waals surface area (Å²) in [6, 6.07) is 6.56. The van der Waals surface area contributed by atoms with E-state index in [-0.39, 0.29) is 23.6 Å². The number of rotatable bonds is 5. The molecular formula is C19H23FN4O. The summed E-state index contributed by atoms with van der Waals surface area (Å²) < 4.78 is 15.5. The van der Waals surface area contributed by atoms with Crippen LogP contribution < -0.4 is 5.32 Å². The fourth-order valence-electron chi connectivity index (χ4n) is 3.75. The van der Waals surface area contributed by atoms with Crippen LogP contribution in [0.5, 0.6) is 0 Å². The van der Waals surface area contributed by atoms with Gasteiger partial charge in [-0.25, -0.2) is 4.39 Å². The molecule has 6 heteroatoms. The summed E-state index contributed by atoms with van der Waals surface area (Å²) in [6.45, 7) is 1.55. The van der Waals surface area contributed by atoms with Crippen molar-refractivity contribution in [3.8, 4) is 0 Å². The molecule has 2 atom stereocenters. The van der Waals surface area contributed by atoms with E-state index in [1.807, 2.05) is 6.07 Å². The monoisotopic (exact) mass is 342 g/mol. The zero-order chi connectivity index (χ0) is 17.2. The van der Waals surface area contributed by atoms with Gasteiger partial charge in [0.1, 0.15) is 17.5 Å². The van der Waals surface area contributed by atoms with Crippen LogP contribution in [0.2, 0.25) is 0 Å². The second kappa shape index (κ2) is 6.94. The Kier molecular flexibility index (Phi) is 4.51. The molecule has 0 spiro atoms. The lowest BCUT2D eigenvalue weighted by molar-refractivity contribution is -0.122. The van der Waals surface area contributed by atoms with Crippen molar-refractivity contribution in [2.45, 2.75) is 51.0 Å². The van der Waals surface area contributed by atoms with Gasteiger partial charge in [0.15, 0.2) is 0 Å². The van der Waals surface area contributed by atoms with Crippen LogP contribution in [-0.4, -0.2) is 27.2 Å². The van der Waals surface area contributed by atoms with Crippen molar-refractivity contribution in [1.82, 2.24) is 20.1 Å². The maximum Gasteiger partial charge on any atom is 0.223 e. The molecule has 1 amide bonds. The first-order chi connectivity index (χ1) is 12.2. The Morgan fingerprint density at radius 3 is 3.08 bits per heavy atom. The molecule has 1 aromatic carbocycles. The van der Waals surface area contributed by atoms with Crippen molar-refractivity contribution < 1.29 is 9.18 Å². The lowest BCUT2D eigenvalue weighted by Crippen LogP contribution is -2.28. The quantitative estimate of drug-likeness (QED) is 0.909. The molecule has 0 unspecified atom stereocenters. The fourth-order valence-corrected chi connectivity index (χ4v) is 3.75. The fraction of sp³-hybridized carbons (Fsp3) is 0.526. The Morgan fingerprint density at radius 1 is 1.28 bits per heavy atom. The van der Waals surface area contributed by atoms with Crippen molar-refractivity contribution >= 4 is 5.91 Å². The predicted molar refractivity (Wildman–Crippen MR) is 91.5 cm³/mol. The smallest absolute Gasteiger partial charge is 0.223 e. The molecule has 1 saturated carbocycles. The van der Waals surface area contributed by atoms with E-state index in [0.29, 0.717) is 13.0 Å². The minimum Gasteiger partial charge on any atom is -0.355 e. The van der Waals surface area contributed by atoms with E-state index >= 15 is 0 Å². The number of carbonyl (C=O) groups is 1. The molecule has 1 aliphatic heterocycles. The number of nitrogens with one attached hydrogen (secondary N) is 1. The molecule has 2 aliphatic rings. The van der Waals surface area contributed by atoms with Gasteiger partial charge in [-0.15, -0.1) is 10.2 Å². The molecule has 0 bridgehead atoms. The van der Waals surface area contributed by atoms with E-state index in [0.717, 1.165) is 36.6 Å². The largest absolute Gasteiger partial charge is 0.355 e. The van der Waals surface area contributed by atoms with E-state index in [2.05, 4.69) is 20.1 Å². The zero-order valence-electron chi connectivity index (χ0n) is 14.2. The van der Waals surface area contributed by atoms with Gasteiger partial charge in [-0.2, -0.15) is 0 Å². The van der Waals surface area contributed by atoms with Crippen molar-refractivity contribution in [2.75, 3.05) is 6.54 Å². The minimum atomic E-state index is -0.240.